The lowest BCUT2D eigenvalue weighted by atomic mass is 9.85. The van der Waals surface area contributed by atoms with Crippen molar-refractivity contribution in [3.05, 3.63) is 0 Å². The molecule has 0 atom stereocenters. The van der Waals surface area contributed by atoms with Crippen LogP contribution >= 0.6 is 0 Å². The Bertz CT molecular complexity index is 214. The van der Waals surface area contributed by atoms with Gasteiger partial charge in [0.2, 0.25) is 5.91 Å². The Morgan fingerprint density at radius 2 is 1.81 bits per heavy atom. The maximum atomic E-state index is 11.7. The number of carbonyl (C=O) groups excluding carboxylic acids is 1. The maximum Gasteiger partial charge on any atom is 0.220 e. The number of hydrogen-bond donors (Lipinski definition) is 2. The zero-order valence-corrected chi connectivity index (χ0v) is 11.0. The highest BCUT2D eigenvalue weighted by Crippen LogP contribution is 2.19. The van der Waals surface area contributed by atoms with Gasteiger partial charge in [0, 0.05) is 13.0 Å². The first-order chi connectivity index (χ1) is 7.50. The molecule has 2 N–H and O–H groups in total. The quantitative estimate of drug-likeness (QED) is 0.723. The zero-order valence-electron chi connectivity index (χ0n) is 11.0. The van der Waals surface area contributed by atoms with Gasteiger partial charge < -0.3 is 10.6 Å². The molecule has 0 spiro atoms. The van der Waals surface area contributed by atoms with Crippen molar-refractivity contribution in [3.63, 3.8) is 0 Å². The second kappa shape index (κ2) is 6.24. The van der Waals surface area contributed by atoms with Gasteiger partial charge in [0.25, 0.3) is 0 Å². The molecular weight excluding hydrogens is 200 g/mol. The van der Waals surface area contributed by atoms with Gasteiger partial charge in [-0.2, -0.15) is 0 Å². The van der Waals surface area contributed by atoms with E-state index >= 15 is 0 Å². The molecule has 1 amide bonds. The van der Waals surface area contributed by atoms with Crippen molar-refractivity contribution < 1.29 is 4.79 Å². The van der Waals surface area contributed by atoms with E-state index in [0.29, 0.717) is 30.1 Å². The van der Waals surface area contributed by atoms with Crippen molar-refractivity contribution in [1.29, 1.82) is 0 Å². The Hall–Kier alpha value is -0.570. The second-order valence-electron chi connectivity index (χ2n) is 5.68. The molecule has 0 radical (unpaired) electrons. The van der Waals surface area contributed by atoms with E-state index in [1.165, 1.54) is 0 Å². The fourth-order valence-electron chi connectivity index (χ4n) is 2.30. The highest BCUT2D eigenvalue weighted by atomic mass is 16.1. The molecule has 3 heteroatoms. The smallest absolute Gasteiger partial charge is 0.220 e. The Labute approximate surface area is 99.4 Å². The van der Waals surface area contributed by atoms with E-state index in [1.807, 2.05) is 0 Å². The van der Waals surface area contributed by atoms with Gasteiger partial charge in [0.05, 0.1) is 0 Å². The van der Waals surface area contributed by atoms with Crippen molar-refractivity contribution in [2.24, 2.45) is 23.7 Å². The van der Waals surface area contributed by atoms with Crippen LogP contribution in [0, 0.1) is 23.7 Å². The van der Waals surface area contributed by atoms with E-state index in [0.717, 1.165) is 19.6 Å². The van der Waals surface area contributed by atoms with Crippen LogP contribution in [0.3, 0.4) is 0 Å². The summed E-state index contributed by atoms with van der Waals surface area (Å²) in [5.41, 5.74) is 0. The van der Waals surface area contributed by atoms with Gasteiger partial charge in [-0.25, -0.2) is 0 Å². The van der Waals surface area contributed by atoms with Crippen molar-refractivity contribution in [2.75, 3.05) is 19.6 Å². The molecule has 94 valence electrons. The number of amides is 1. The highest BCUT2D eigenvalue weighted by Gasteiger charge is 2.22. The minimum atomic E-state index is 0.220. The summed E-state index contributed by atoms with van der Waals surface area (Å²) in [6, 6.07) is 0. The van der Waals surface area contributed by atoms with Gasteiger partial charge in [-0.3, -0.25) is 4.79 Å². The summed E-state index contributed by atoms with van der Waals surface area (Å²) < 4.78 is 0. The minimum Gasteiger partial charge on any atom is -0.356 e. The van der Waals surface area contributed by atoms with Crippen molar-refractivity contribution in [1.82, 2.24) is 10.6 Å². The van der Waals surface area contributed by atoms with E-state index in [2.05, 4.69) is 38.3 Å². The van der Waals surface area contributed by atoms with Crippen LogP contribution < -0.4 is 10.6 Å². The Balaban J connectivity index is 2.22. The number of hydrogen-bond acceptors (Lipinski definition) is 2. The molecule has 1 aliphatic heterocycles. The molecule has 0 saturated carbocycles. The van der Waals surface area contributed by atoms with Gasteiger partial charge in [-0.05, 0) is 36.8 Å². The fourth-order valence-corrected chi connectivity index (χ4v) is 2.30. The van der Waals surface area contributed by atoms with Gasteiger partial charge in [-0.15, -0.1) is 0 Å². The molecule has 16 heavy (non-hydrogen) atoms. The first-order valence-electron chi connectivity index (χ1n) is 6.48. The summed E-state index contributed by atoms with van der Waals surface area (Å²) >= 11 is 0. The lowest BCUT2D eigenvalue weighted by Crippen LogP contribution is -2.45. The Morgan fingerprint density at radius 3 is 2.19 bits per heavy atom. The fraction of sp³-hybridized carbons (Fsp3) is 0.923. The predicted molar refractivity (Wildman–Crippen MR) is 67.2 cm³/mol. The molecule has 0 unspecified atom stereocenters. The lowest BCUT2D eigenvalue weighted by molar-refractivity contribution is -0.122. The Kier molecular flexibility index (Phi) is 5.26. The molecule has 1 saturated heterocycles. The molecular formula is C13H26N2O. The molecule has 0 aliphatic carbocycles. The Morgan fingerprint density at radius 1 is 1.25 bits per heavy atom. The molecule has 1 rings (SSSR count). The average Bonchev–Trinajstić information content (AvgIpc) is 2.10. The monoisotopic (exact) mass is 226 g/mol. The summed E-state index contributed by atoms with van der Waals surface area (Å²) in [5.74, 6) is 2.63. The number of carbonyl (C=O) groups is 1. The second-order valence-corrected chi connectivity index (χ2v) is 5.68. The van der Waals surface area contributed by atoms with Gasteiger partial charge >= 0.3 is 0 Å². The van der Waals surface area contributed by atoms with Crippen LogP contribution in [0.25, 0.3) is 0 Å². The standard InChI is InChI=1S/C13H26N2O/c1-9(2)12(10(3)4)8-15-13(16)5-11-6-14-7-11/h9-12,14H,5-8H2,1-4H3,(H,15,16). The third-order valence-corrected chi connectivity index (χ3v) is 3.59. The summed E-state index contributed by atoms with van der Waals surface area (Å²) in [4.78, 5) is 11.7. The van der Waals surface area contributed by atoms with Crippen LogP contribution in [0.2, 0.25) is 0 Å². The van der Waals surface area contributed by atoms with Crippen LogP contribution in [0.5, 0.6) is 0 Å². The highest BCUT2D eigenvalue weighted by molar-refractivity contribution is 5.76. The van der Waals surface area contributed by atoms with Gasteiger partial charge in [0.1, 0.15) is 0 Å². The van der Waals surface area contributed by atoms with Crippen LogP contribution in [0.15, 0.2) is 0 Å². The lowest BCUT2D eigenvalue weighted by Gasteiger charge is -2.28. The van der Waals surface area contributed by atoms with E-state index < -0.39 is 0 Å². The third kappa shape index (κ3) is 4.12. The normalized spacial score (nSPS) is 16.9. The number of rotatable bonds is 6. The minimum absolute atomic E-state index is 0.220. The van der Waals surface area contributed by atoms with Crippen LogP contribution in [-0.4, -0.2) is 25.5 Å². The molecule has 0 aromatic heterocycles. The van der Waals surface area contributed by atoms with E-state index in [4.69, 9.17) is 0 Å². The molecule has 0 aromatic rings. The molecule has 1 fully saturated rings. The largest absolute Gasteiger partial charge is 0.356 e. The first kappa shape index (κ1) is 13.5. The first-order valence-corrected chi connectivity index (χ1v) is 6.48. The molecule has 0 aromatic carbocycles. The van der Waals surface area contributed by atoms with Crippen LogP contribution in [0.4, 0.5) is 0 Å². The van der Waals surface area contributed by atoms with Gasteiger partial charge in [0.15, 0.2) is 0 Å². The summed E-state index contributed by atoms with van der Waals surface area (Å²) in [6.45, 7) is 11.8. The zero-order chi connectivity index (χ0) is 12.1. The molecule has 3 nitrogen and oxygen atoms in total. The van der Waals surface area contributed by atoms with Crippen molar-refractivity contribution >= 4 is 5.91 Å². The third-order valence-electron chi connectivity index (χ3n) is 3.59. The number of nitrogens with one attached hydrogen (secondary N) is 2. The summed E-state index contributed by atoms with van der Waals surface area (Å²) in [7, 11) is 0. The molecule has 0 bridgehead atoms. The topological polar surface area (TPSA) is 41.1 Å². The maximum absolute atomic E-state index is 11.7. The molecule has 1 heterocycles. The predicted octanol–water partition coefficient (Wildman–Crippen LogP) is 1.64. The van der Waals surface area contributed by atoms with E-state index in [9.17, 15) is 4.79 Å². The van der Waals surface area contributed by atoms with Crippen LogP contribution in [-0.2, 0) is 4.79 Å². The van der Waals surface area contributed by atoms with Crippen molar-refractivity contribution in [2.45, 2.75) is 34.1 Å². The van der Waals surface area contributed by atoms with Crippen LogP contribution in [0.1, 0.15) is 34.1 Å². The summed E-state index contributed by atoms with van der Waals surface area (Å²) in [5, 5.41) is 6.27. The molecule has 1 aliphatic rings. The average molecular weight is 226 g/mol. The van der Waals surface area contributed by atoms with Gasteiger partial charge in [-0.1, -0.05) is 27.7 Å². The van der Waals surface area contributed by atoms with E-state index in [1.54, 1.807) is 0 Å². The van der Waals surface area contributed by atoms with E-state index in [-0.39, 0.29) is 5.91 Å². The van der Waals surface area contributed by atoms with Crippen molar-refractivity contribution in [3.8, 4) is 0 Å². The summed E-state index contributed by atoms with van der Waals surface area (Å²) in [6.07, 6.45) is 0.690. The SMILES string of the molecule is CC(C)C(CNC(=O)CC1CNC1)C(C)C.